The van der Waals surface area contributed by atoms with Crippen LogP contribution in [0, 0.1) is 0 Å². The predicted molar refractivity (Wildman–Crippen MR) is 115 cm³/mol. The van der Waals surface area contributed by atoms with Gasteiger partial charge in [0.2, 0.25) is 0 Å². The molecule has 6 nitrogen and oxygen atoms in total. The van der Waals surface area contributed by atoms with E-state index < -0.39 is 6.10 Å². The second-order valence-corrected chi connectivity index (χ2v) is 8.61. The molecule has 2 aliphatic rings. The molecule has 2 atom stereocenters. The third kappa shape index (κ3) is 4.47. The third-order valence-corrected chi connectivity index (χ3v) is 6.25. The largest absolute Gasteiger partial charge is 0.390 e. The fraction of sp³-hybridized carbons (Fsp3) is 0.400. The number of β-amino-alcohol motifs (C(OH)–C–C–N with tert-alkyl or cyclic N) is 1. The number of nitrogens with zero attached hydrogens (tertiary/aromatic N) is 4. The lowest BCUT2D eigenvalue weighted by molar-refractivity contribution is 0.0376. The van der Waals surface area contributed by atoms with Crippen molar-refractivity contribution in [2.45, 2.75) is 12.1 Å². The van der Waals surface area contributed by atoms with E-state index in [1.54, 1.807) is 36.5 Å². The number of benzene rings is 1. The number of amides is 1. The second-order valence-electron chi connectivity index (χ2n) is 7.33. The molecular weight excluding hydrogens is 435 g/mol. The SMILES string of the molecule is O=C(c1ccc(Cl)cc1)N1CCN(C2CN(c3ncc(Cl)cc3Cl)CC2O)CC1. The first-order valence-corrected chi connectivity index (χ1v) is 10.6. The smallest absolute Gasteiger partial charge is 0.253 e. The van der Waals surface area contributed by atoms with E-state index in [1.165, 1.54) is 0 Å². The molecule has 1 aromatic heterocycles. The average Bonchev–Trinajstić information content (AvgIpc) is 3.09. The van der Waals surface area contributed by atoms with Crippen molar-refractivity contribution < 1.29 is 9.90 Å². The molecule has 0 saturated carbocycles. The molecule has 29 heavy (non-hydrogen) atoms. The molecule has 1 aromatic carbocycles. The van der Waals surface area contributed by atoms with Gasteiger partial charge in [0.15, 0.2) is 0 Å². The maximum Gasteiger partial charge on any atom is 0.253 e. The van der Waals surface area contributed by atoms with Crippen molar-refractivity contribution in [3.63, 3.8) is 0 Å². The van der Waals surface area contributed by atoms with E-state index in [2.05, 4.69) is 9.88 Å². The molecule has 2 fully saturated rings. The molecule has 3 heterocycles. The number of rotatable bonds is 3. The van der Waals surface area contributed by atoms with Gasteiger partial charge in [0.1, 0.15) is 5.82 Å². The molecule has 0 spiro atoms. The van der Waals surface area contributed by atoms with Gasteiger partial charge in [-0.2, -0.15) is 0 Å². The molecule has 4 rings (SSSR count). The van der Waals surface area contributed by atoms with Crippen molar-refractivity contribution in [3.05, 3.63) is 57.2 Å². The van der Waals surface area contributed by atoms with E-state index in [-0.39, 0.29) is 11.9 Å². The summed E-state index contributed by atoms with van der Waals surface area (Å²) in [5, 5.41) is 12.2. The van der Waals surface area contributed by atoms with Crippen molar-refractivity contribution in [1.29, 1.82) is 0 Å². The van der Waals surface area contributed by atoms with Crippen LogP contribution < -0.4 is 4.90 Å². The fourth-order valence-electron chi connectivity index (χ4n) is 3.97. The highest BCUT2D eigenvalue weighted by Crippen LogP contribution is 2.30. The van der Waals surface area contributed by atoms with E-state index in [0.717, 1.165) is 0 Å². The summed E-state index contributed by atoms with van der Waals surface area (Å²) in [5.41, 5.74) is 0.637. The summed E-state index contributed by atoms with van der Waals surface area (Å²) in [4.78, 5) is 23.1. The standard InChI is InChI=1S/C20H21Cl3N4O2/c21-14-3-1-13(2-4-14)20(29)26-7-5-25(6-8-26)17-11-27(12-18(17)28)19-16(23)9-15(22)10-24-19/h1-4,9-10,17-18,28H,5-8,11-12H2. The number of aliphatic hydroxyl groups excluding tert-OH is 1. The Morgan fingerprint density at radius 3 is 2.34 bits per heavy atom. The van der Waals surface area contributed by atoms with Gasteiger partial charge in [0, 0.05) is 56.1 Å². The Hall–Kier alpha value is -1.57. The van der Waals surface area contributed by atoms with Crippen LogP contribution in [0.25, 0.3) is 0 Å². The number of piperazine rings is 1. The Bertz CT molecular complexity index is 888. The number of hydrogen-bond donors (Lipinski definition) is 1. The van der Waals surface area contributed by atoms with E-state index in [1.807, 2.05) is 9.80 Å². The van der Waals surface area contributed by atoms with Gasteiger partial charge in [0.25, 0.3) is 5.91 Å². The number of pyridine rings is 1. The molecule has 2 aliphatic heterocycles. The summed E-state index contributed by atoms with van der Waals surface area (Å²) in [5.74, 6) is 0.640. The monoisotopic (exact) mass is 454 g/mol. The zero-order valence-corrected chi connectivity index (χ0v) is 17.9. The van der Waals surface area contributed by atoms with Gasteiger partial charge in [-0.15, -0.1) is 0 Å². The van der Waals surface area contributed by atoms with Gasteiger partial charge in [0.05, 0.1) is 22.2 Å². The lowest BCUT2D eigenvalue weighted by Crippen LogP contribution is -2.54. The molecule has 2 saturated heterocycles. The van der Waals surface area contributed by atoms with E-state index in [4.69, 9.17) is 34.8 Å². The minimum atomic E-state index is -0.512. The molecule has 1 amide bonds. The summed E-state index contributed by atoms with van der Waals surface area (Å²) in [7, 11) is 0. The maximum atomic E-state index is 12.7. The first-order chi connectivity index (χ1) is 13.9. The van der Waals surface area contributed by atoms with Crippen LogP contribution in [0.2, 0.25) is 15.1 Å². The second kappa shape index (κ2) is 8.66. The van der Waals surface area contributed by atoms with Crippen molar-refractivity contribution in [3.8, 4) is 0 Å². The van der Waals surface area contributed by atoms with Gasteiger partial charge in [-0.1, -0.05) is 34.8 Å². The topological polar surface area (TPSA) is 59.9 Å². The molecule has 2 unspecified atom stereocenters. The molecule has 2 aromatic rings. The molecule has 0 aliphatic carbocycles. The van der Waals surface area contributed by atoms with Crippen LogP contribution in [0.5, 0.6) is 0 Å². The molecule has 0 radical (unpaired) electrons. The normalized spacial score (nSPS) is 22.9. The minimum Gasteiger partial charge on any atom is -0.390 e. The lowest BCUT2D eigenvalue weighted by Gasteiger charge is -2.38. The number of aromatic nitrogens is 1. The quantitative estimate of drug-likeness (QED) is 0.771. The van der Waals surface area contributed by atoms with Crippen LogP contribution in [0.15, 0.2) is 36.5 Å². The Kier molecular flexibility index (Phi) is 6.18. The lowest BCUT2D eigenvalue weighted by atomic mass is 10.1. The summed E-state index contributed by atoms with van der Waals surface area (Å²) in [6, 6.07) is 8.58. The Balaban J connectivity index is 1.37. The van der Waals surface area contributed by atoms with Crippen molar-refractivity contribution in [2.75, 3.05) is 44.2 Å². The Morgan fingerprint density at radius 2 is 1.69 bits per heavy atom. The number of aliphatic hydroxyl groups is 1. The third-order valence-electron chi connectivity index (χ3n) is 5.51. The van der Waals surface area contributed by atoms with Crippen LogP contribution in [-0.4, -0.2) is 77.2 Å². The van der Waals surface area contributed by atoms with Crippen LogP contribution in [0.3, 0.4) is 0 Å². The van der Waals surface area contributed by atoms with E-state index >= 15 is 0 Å². The van der Waals surface area contributed by atoms with Crippen molar-refractivity contribution in [2.24, 2.45) is 0 Å². The number of carbonyl (C=O) groups is 1. The minimum absolute atomic E-state index is 0.00654. The van der Waals surface area contributed by atoms with Gasteiger partial charge in [-0.3, -0.25) is 9.69 Å². The van der Waals surface area contributed by atoms with Crippen LogP contribution in [0.1, 0.15) is 10.4 Å². The highest BCUT2D eigenvalue weighted by atomic mass is 35.5. The first-order valence-electron chi connectivity index (χ1n) is 9.45. The highest BCUT2D eigenvalue weighted by molar-refractivity contribution is 6.36. The first kappa shape index (κ1) is 20.7. The molecular formula is C20H21Cl3N4O2. The van der Waals surface area contributed by atoms with Crippen LogP contribution >= 0.6 is 34.8 Å². The Morgan fingerprint density at radius 1 is 1.00 bits per heavy atom. The fourth-order valence-corrected chi connectivity index (χ4v) is 4.60. The number of hydrogen-bond acceptors (Lipinski definition) is 5. The molecule has 0 bridgehead atoms. The molecule has 9 heteroatoms. The van der Waals surface area contributed by atoms with Crippen LogP contribution in [0.4, 0.5) is 5.82 Å². The van der Waals surface area contributed by atoms with E-state index in [0.29, 0.717) is 65.7 Å². The number of anilines is 1. The summed E-state index contributed by atoms with van der Waals surface area (Å²) in [6.07, 6.45) is 1.05. The summed E-state index contributed by atoms with van der Waals surface area (Å²) in [6.45, 7) is 3.73. The predicted octanol–water partition coefficient (Wildman–Crippen LogP) is 3.05. The Labute approximate surface area is 184 Å². The van der Waals surface area contributed by atoms with E-state index in [9.17, 15) is 9.90 Å². The average molecular weight is 456 g/mol. The zero-order chi connectivity index (χ0) is 20.5. The van der Waals surface area contributed by atoms with Gasteiger partial charge < -0.3 is 14.9 Å². The summed E-state index contributed by atoms with van der Waals surface area (Å²) >= 11 is 18.1. The highest BCUT2D eigenvalue weighted by Gasteiger charge is 2.38. The van der Waals surface area contributed by atoms with Gasteiger partial charge in [-0.25, -0.2) is 4.98 Å². The molecule has 154 valence electrons. The van der Waals surface area contributed by atoms with Gasteiger partial charge >= 0.3 is 0 Å². The molecule has 1 N–H and O–H groups in total. The maximum absolute atomic E-state index is 12.7. The number of carbonyl (C=O) groups excluding carboxylic acids is 1. The summed E-state index contributed by atoms with van der Waals surface area (Å²) < 4.78 is 0. The zero-order valence-electron chi connectivity index (χ0n) is 15.6. The van der Waals surface area contributed by atoms with Crippen molar-refractivity contribution >= 4 is 46.5 Å². The number of halogens is 3. The van der Waals surface area contributed by atoms with Crippen LogP contribution in [-0.2, 0) is 0 Å². The van der Waals surface area contributed by atoms with Crippen molar-refractivity contribution in [1.82, 2.24) is 14.8 Å². The van der Waals surface area contributed by atoms with Gasteiger partial charge in [-0.05, 0) is 30.3 Å².